The van der Waals surface area contributed by atoms with Gasteiger partial charge in [-0.1, -0.05) is 0 Å². The Hall–Kier alpha value is -2.51. The number of aromatic nitrogens is 3. The lowest BCUT2D eigenvalue weighted by Crippen LogP contribution is -2.08. The summed E-state index contributed by atoms with van der Waals surface area (Å²) in [6.07, 6.45) is 1.28. The minimum Gasteiger partial charge on any atom is -0.478 e. The first-order chi connectivity index (χ1) is 8.59. The maximum atomic E-state index is 13.5. The van der Waals surface area contributed by atoms with Crippen LogP contribution in [0, 0.1) is 11.6 Å². The van der Waals surface area contributed by atoms with Gasteiger partial charge >= 0.3 is 5.97 Å². The quantitative estimate of drug-likeness (QED) is 0.767. The summed E-state index contributed by atoms with van der Waals surface area (Å²) in [4.78, 5) is 14.4. The van der Waals surface area contributed by atoms with Crippen LogP contribution in [0.1, 0.15) is 16.2 Å². The Morgan fingerprint density at radius 2 is 2.17 bits per heavy atom. The van der Waals surface area contributed by atoms with Crippen molar-refractivity contribution < 1.29 is 18.7 Å². The van der Waals surface area contributed by atoms with Crippen molar-refractivity contribution >= 4 is 11.7 Å². The summed E-state index contributed by atoms with van der Waals surface area (Å²) in [5.41, 5.74) is -0.855. The fourth-order valence-corrected chi connectivity index (χ4v) is 1.35. The van der Waals surface area contributed by atoms with Gasteiger partial charge in [0.05, 0.1) is 17.8 Å². The van der Waals surface area contributed by atoms with Crippen LogP contribution in [0.2, 0.25) is 0 Å². The monoisotopic (exact) mass is 254 g/mol. The predicted molar refractivity (Wildman–Crippen MR) is 57.0 cm³/mol. The van der Waals surface area contributed by atoms with Gasteiger partial charge in [0.25, 0.3) is 0 Å². The van der Waals surface area contributed by atoms with Crippen LogP contribution in [0.3, 0.4) is 0 Å². The van der Waals surface area contributed by atoms with E-state index in [1.807, 2.05) is 0 Å². The van der Waals surface area contributed by atoms with Gasteiger partial charge in [0.15, 0.2) is 11.6 Å². The van der Waals surface area contributed by atoms with E-state index in [-0.39, 0.29) is 12.2 Å². The van der Waals surface area contributed by atoms with Gasteiger partial charge in [-0.25, -0.2) is 18.6 Å². The van der Waals surface area contributed by atoms with Crippen molar-refractivity contribution in [3.05, 3.63) is 41.5 Å². The van der Waals surface area contributed by atoms with Crippen LogP contribution in [0.5, 0.6) is 0 Å². The van der Waals surface area contributed by atoms with Gasteiger partial charge in [-0.05, 0) is 12.1 Å². The highest BCUT2D eigenvalue weighted by Crippen LogP contribution is 2.20. The highest BCUT2D eigenvalue weighted by Gasteiger charge is 2.17. The number of nitrogens with one attached hydrogen (secondary N) is 2. The van der Waals surface area contributed by atoms with Crippen molar-refractivity contribution in [2.45, 2.75) is 6.54 Å². The molecule has 0 amide bonds. The third-order valence-corrected chi connectivity index (χ3v) is 2.22. The molecular formula is C10H8F2N4O2. The first kappa shape index (κ1) is 12.0. The van der Waals surface area contributed by atoms with Crippen LogP contribution < -0.4 is 5.32 Å². The van der Waals surface area contributed by atoms with Gasteiger partial charge in [-0.2, -0.15) is 5.10 Å². The molecule has 1 aromatic carbocycles. The highest BCUT2D eigenvalue weighted by molar-refractivity contribution is 5.88. The highest BCUT2D eigenvalue weighted by atomic mass is 19.2. The minimum absolute atomic E-state index is 0.114. The van der Waals surface area contributed by atoms with Gasteiger partial charge in [-0.15, -0.1) is 0 Å². The number of aromatic carboxylic acids is 1. The SMILES string of the molecule is O=C(O)c1ccc(NCc2ncn[nH]2)c(F)c1F. The van der Waals surface area contributed by atoms with Crippen molar-refractivity contribution in [3.63, 3.8) is 0 Å². The maximum absolute atomic E-state index is 13.5. The fourth-order valence-electron chi connectivity index (χ4n) is 1.35. The van der Waals surface area contributed by atoms with Gasteiger partial charge < -0.3 is 10.4 Å². The van der Waals surface area contributed by atoms with Crippen molar-refractivity contribution in [3.8, 4) is 0 Å². The topological polar surface area (TPSA) is 90.9 Å². The lowest BCUT2D eigenvalue weighted by atomic mass is 10.2. The lowest BCUT2D eigenvalue weighted by molar-refractivity contribution is 0.0690. The fraction of sp³-hybridized carbons (Fsp3) is 0.100. The molecular weight excluding hydrogens is 246 g/mol. The van der Waals surface area contributed by atoms with E-state index in [1.54, 1.807) is 0 Å². The molecule has 0 aliphatic carbocycles. The number of nitrogens with zero attached hydrogens (tertiary/aromatic N) is 2. The third kappa shape index (κ3) is 2.26. The second-order valence-corrected chi connectivity index (χ2v) is 3.38. The Morgan fingerprint density at radius 3 is 2.78 bits per heavy atom. The molecule has 2 rings (SSSR count). The first-order valence-electron chi connectivity index (χ1n) is 4.89. The molecule has 0 fully saturated rings. The molecule has 0 atom stereocenters. The predicted octanol–water partition coefficient (Wildman–Crippen LogP) is 1.39. The number of benzene rings is 1. The average molecular weight is 254 g/mol. The molecule has 0 saturated carbocycles. The third-order valence-electron chi connectivity index (χ3n) is 2.22. The molecule has 2 aromatic rings. The van der Waals surface area contributed by atoms with E-state index in [2.05, 4.69) is 20.5 Å². The number of carbonyl (C=O) groups is 1. The van der Waals surface area contributed by atoms with Gasteiger partial charge in [0.2, 0.25) is 0 Å². The summed E-state index contributed by atoms with van der Waals surface area (Å²) in [6.45, 7) is 0.114. The molecule has 0 bridgehead atoms. The van der Waals surface area contributed by atoms with Crippen molar-refractivity contribution in [1.82, 2.24) is 15.2 Å². The average Bonchev–Trinajstić information content (AvgIpc) is 2.83. The van der Waals surface area contributed by atoms with Crippen LogP contribution in [0.4, 0.5) is 14.5 Å². The number of rotatable bonds is 4. The Morgan fingerprint density at radius 1 is 1.39 bits per heavy atom. The van der Waals surface area contributed by atoms with E-state index in [4.69, 9.17) is 5.11 Å². The molecule has 1 heterocycles. The van der Waals surface area contributed by atoms with Gasteiger partial charge in [0, 0.05) is 0 Å². The standard InChI is InChI=1S/C10H8F2N4O2/c11-8-5(10(17)18)1-2-6(9(8)12)13-3-7-14-4-15-16-7/h1-2,4,13H,3H2,(H,17,18)(H,14,15,16). The number of aromatic amines is 1. The molecule has 0 aliphatic heterocycles. The summed E-state index contributed by atoms with van der Waals surface area (Å²) in [6, 6.07) is 2.14. The zero-order valence-corrected chi connectivity index (χ0v) is 8.94. The van der Waals surface area contributed by atoms with E-state index < -0.39 is 23.2 Å². The summed E-state index contributed by atoms with van der Waals surface area (Å²) in [5.74, 6) is -3.72. The van der Waals surface area contributed by atoms with E-state index in [0.717, 1.165) is 12.1 Å². The van der Waals surface area contributed by atoms with Crippen LogP contribution in [0.25, 0.3) is 0 Å². The molecule has 8 heteroatoms. The largest absolute Gasteiger partial charge is 0.478 e. The molecule has 94 valence electrons. The number of carboxylic acid groups (broad SMARTS) is 1. The number of anilines is 1. The summed E-state index contributed by atoms with van der Waals surface area (Å²) < 4.78 is 26.9. The maximum Gasteiger partial charge on any atom is 0.338 e. The number of hydrogen-bond acceptors (Lipinski definition) is 4. The molecule has 6 nitrogen and oxygen atoms in total. The smallest absolute Gasteiger partial charge is 0.338 e. The Balaban J connectivity index is 2.19. The van der Waals surface area contributed by atoms with Crippen LogP contribution in [-0.4, -0.2) is 26.3 Å². The minimum atomic E-state index is -1.52. The number of hydrogen-bond donors (Lipinski definition) is 3. The number of carboxylic acids is 1. The van der Waals surface area contributed by atoms with Gasteiger partial charge in [-0.3, -0.25) is 5.10 Å². The molecule has 0 radical (unpaired) electrons. The van der Waals surface area contributed by atoms with Crippen molar-refractivity contribution in [1.29, 1.82) is 0 Å². The number of halogens is 2. The second kappa shape index (κ2) is 4.78. The Labute approximate surface area is 99.7 Å². The van der Waals surface area contributed by atoms with E-state index in [9.17, 15) is 13.6 Å². The molecule has 3 N–H and O–H groups in total. The molecule has 0 spiro atoms. The van der Waals surface area contributed by atoms with Crippen molar-refractivity contribution in [2.75, 3.05) is 5.32 Å². The van der Waals surface area contributed by atoms with E-state index in [0.29, 0.717) is 5.82 Å². The normalized spacial score (nSPS) is 10.3. The van der Waals surface area contributed by atoms with E-state index in [1.165, 1.54) is 6.33 Å². The Kier molecular flexibility index (Phi) is 3.18. The lowest BCUT2D eigenvalue weighted by Gasteiger charge is -2.07. The summed E-state index contributed by atoms with van der Waals surface area (Å²) in [5, 5.41) is 17.3. The van der Waals surface area contributed by atoms with Crippen LogP contribution in [-0.2, 0) is 6.54 Å². The zero-order chi connectivity index (χ0) is 13.1. The molecule has 0 unspecified atom stereocenters. The summed E-state index contributed by atoms with van der Waals surface area (Å²) >= 11 is 0. The molecule has 1 aromatic heterocycles. The number of H-pyrrole nitrogens is 1. The molecule has 0 saturated heterocycles. The van der Waals surface area contributed by atoms with E-state index >= 15 is 0 Å². The summed E-state index contributed by atoms with van der Waals surface area (Å²) in [7, 11) is 0. The molecule has 0 aliphatic rings. The zero-order valence-electron chi connectivity index (χ0n) is 8.94. The first-order valence-corrected chi connectivity index (χ1v) is 4.89. The molecule has 18 heavy (non-hydrogen) atoms. The van der Waals surface area contributed by atoms with Crippen molar-refractivity contribution in [2.24, 2.45) is 0 Å². The van der Waals surface area contributed by atoms with Crippen LogP contribution >= 0.6 is 0 Å². The Bertz CT molecular complexity index is 572. The second-order valence-electron chi connectivity index (χ2n) is 3.38. The van der Waals surface area contributed by atoms with Crippen LogP contribution in [0.15, 0.2) is 18.5 Å². The van der Waals surface area contributed by atoms with Gasteiger partial charge in [0.1, 0.15) is 12.2 Å².